The van der Waals surface area contributed by atoms with Crippen LogP contribution in [0.2, 0.25) is 0 Å². The van der Waals surface area contributed by atoms with Gasteiger partial charge in [0.25, 0.3) is 5.91 Å². The molecule has 1 aromatic rings. The molecule has 0 radical (unpaired) electrons. The third-order valence-electron chi connectivity index (χ3n) is 2.85. The molecule has 0 saturated carbocycles. The predicted molar refractivity (Wildman–Crippen MR) is 77.0 cm³/mol. The topological polar surface area (TPSA) is 88.2 Å². The van der Waals surface area contributed by atoms with Gasteiger partial charge in [0.1, 0.15) is 5.75 Å². The number of amidine groups is 1. The van der Waals surface area contributed by atoms with E-state index in [-0.39, 0.29) is 18.3 Å². The van der Waals surface area contributed by atoms with Crippen LogP contribution in [-0.4, -0.2) is 41.5 Å². The number of nitrogens with two attached hydrogens (primary N) is 1. The summed E-state index contributed by atoms with van der Waals surface area (Å²) < 4.78 is 5.49. The van der Waals surface area contributed by atoms with Crippen molar-refractivity contribution < 1.29 is 14.7 Å². The largest absolute Gasteiger partial charge is 0.483 e. The van der Waals surface area contributed by atoms with Crippen molar-refractivity contribution in [2.24, 2.45) is 10.9 Å². The molecule has 20 heavy (non-hydrogen) atoms. The van der Waals surface area contributed by atoms with E-state index >= 15 is 0 Å². The first-order chi connectivity index (χ1) is 9.63. The minimum absolute atomic E-state index is 0.0473. The fourth-order valence-electron chi connectivity index (χ4n) is 1.82. The summed E-state index contributed by atoms with van der Waals surface area (Å²) in [5.41, 5.74) is 6.02. The van der Waals surface area contributed by atoms with Crippen LogP contribution in [0.1, 0.15) is 25.8 Å². The summed E-state index contributed by atoms with van der Waals surface area (Å²) in [6.07, 6.45) is 0.903. The monoisotopic (exact) mass is 279 g/mol. The van der Waals surface area contributed by atoms with Crippen LogP contribution in [0.3, 0.4) is 0 Å². The molecule has 1 aromatic carbocycles. The third-order valence-corrected chi connectivity index (χ3v) is 2.85. The van der Waals surface area contributed by atoms with E-state index in [1.165, 1.54) is 0 Å². The maximum absolute atomic E-state index is 12.0. The highest BCUT2D eigenvalue weighted by Crippen LogP contribution is 2.17. The lowest BCUT2D eigenvalue weighted by Crippen LogP contribution is -2.35. The van der Waals surface area contributed by atoms with E-state index in [0.29, 0.717) is 24.4 Å². The fraction of sp³-hybridized carbons (Fsp3) is 0.429. The number of nitrogens with zero attached hydrogens (tertiary/aromatic N) is 2. The molecule has 0 heterocycles. The van der Waals surface area contributed by atoms with Crippen molar-refractivity contribution in [3.63, 3.8) is 0 Å². The molecule has 6 nitrogen and oxygen atoms in total. The van der Waals surface area contributed by atoms with E-state index in [4.69, 9.17) is 15.7 Å². The van der Waals surface area contributed by atoms with Crippen LogP contribution >= 0.6 is 0 Å². The molecule has 3 N–H and O–H groups in total. The van der Waals surface area contributed by atoms with Crippen molar-refractivity contribution in [2.45, 2.75) is 20.3 Å². The van der Waals surface area contributed by atoms with E-state index in [9.17, 15) is 4.79 Å². The summed E-state index contributed by atoms with van der Waals surface area (Å²) in [7, 11) is 0. The van der Waals surface area contributed by atoms with Gasteiger partial charge in [0, 0.05) is 13.1 Å². The van der Waals surface area contributed by atoms with E-state index in [0.717, 1.165) is 6.42 Å². The van der Waals surface area contributed by atoms with Gasteiger partial charge in [-0.15, -0.1) is 0 Å². The van der Waals surface area contributed by atoms with Crippen molar-refractivity contribution >= 4 is 11.7 Å². The van der Waals surface area contributed by atoms with Gasteiger partial charge in [0.2, 0.25) is 0 Å². The molecule has 0 atom stereocenters. The SMILES string of the molecule is CCCN(CC)C(=O)COc1ccccc1/C(N)=N/O. The number of hydrogen-bond acceptors (Lipinski definition) is 4. The Bertz CT molecular complexity index is 474. The highest BCUT2D eigenvalue weighted by atomic mass is 16.5. The van der Waals surface area contributed by atoms with E-state index < -0.39 is 0 Å². The van der Waals surface area contributed by atoms with Gasteiger partial charge in [-0.1, -0.05) is 24.2 Å². The molecule has 0 spiro atoms. The summed E-state index contributed by atoms with van der Waals surface area (Å²) >= 11 is 0. The van der Waals surface area contributed by atoms with Crippen molar-refractivity contribution in [3.8, 4) is 5.75 Å². The Morgan fingerprint density at radius 1 is 1.40 bits per heavy atom. The van der Waals surface area contributed by atoms with Crippen LogP contribution in [0.5, 0.6) is 5.75 Å². The molecule has 0 aliphatic carbocycles. The fourth-order valence-corrected chi connectivity index (χ4v) is 1.82. The van der Waals surface area contributed by atoms with Crippen molar-refractivity contribution in [3.05, 3.63) is 29.8 Å². The first kappa shape index (κ1) is 15.8. The zero-order valence-electron chi connectivity index (χ0n) is 11.9. The second-order valence-corrected chi connectivity index (χ2v) is 4.24. The number of hydrogen-bond donors (Lipinski definition) is 2. The quantitative estimate of drug-likeness (QED) is 0.342. The molecule has 1 amide bonds. The summed E-state index contributed by atoms with van der Waals surface area (Å²) in [6, 6.07) is 6.85. The highest BCUT2D eigenvalue weighted by Gasteiger charge is 2.13. The van der Waals surface area contributed by atoms with Gasteiger partial charge in [0.15, 0.2) is 12.4 Å². The van der Waals surface area contributed by atoms with Crippen LogP contribution < -0.4 is 10.5 Å². The van der Waals surface area contributed by atoms with Crippen LogP contribution in [0.15, 0.2) is 29.4 Å². The number of carbonyl (C=O) groups excluding carboxylic acids is 1. The molecule has 1 rings (SSSR count). The van der Waals surface area contributed by atoms with Crippen LogP contribution in [0.25, 0.3) is 0 Å². The first-order valence-electron chi connectivity index (χ1n) is 6.61. The van der Waals surface area contributed by atoms with E-state index in [1.807, 2.05) is 13.8 Å². The first-order valence-corrected chi connectivity index (χ1v) is 6.61. The maximum Gasteiger partial charge on any atom is 0.260 e. The van der Waals surface area contributed by atoms with Gasteiger partial charge in [0.05, 0.1) is 5.56 Å². The number of ether oxygens (including phenoxy) is 1. The highest BCUT2D eigenvalue weighted by molar-refractivity contribution is 5.99. The molecule has 0 aromatic heterocycles. The molecule has 110 valence electrons. The smallest absolute Gasteiger partial charge is 0.260 e. The van der Waals surface area contributed by atoms with Gasteiger partial charge in [-0.05, 0) is 25.5 Å². The average Bonchev–Trinajstić information content (AvgIpc) is 2.49. The Morgan fingerprint density at radius 2 is 2.10 bits per heavy atom. The normalized spacial score (nSPS) is 11.2. The number of likely N-dealkylation sites (N-methyl/N-ethyl adjacent to an activating group) is 1. The van der Waals surface area contributed by atoms with Crippen LogP contribution in [-0.2, 0) is 4.79 Å². The lowest BCUT2D eigenvalue weighted by molar-refractivity contribution is -0.133. The molecule has 0 bridgehead atoms. The Hall–Kier alpha value is -2.24. The minimum atomic E-state index is -0.0799. The van der Waals surface area contributed by atoms with Gasteiger partial charge >= 0.3 is 0 Å². The van der Waals surface area contributed by atoms with Gasteiger partial charge < -0.3 is 20.6 Å². The zero-order valence-corrected chi connectivity index (χ0v) is 11.9. The lowest BCUT2D eigenvalue weighted by Gasteiger charge is -2.20. The molecule has 6 heteroatoms. The van der Waals surface area contributed by atoms with Crippen LogP contribution in [0.4, 0.5) is 0 Å². The van der Waals surface area contributed by atoms with Crippen molar-refractivity contribution in [1.29, 1.82) is 0 Å². The summed E-state index contributed by atoms with van der Waals surface area (Å²) in [5.74, 6) is 0.293. The molecule has 0 aliphatic rings. The number of rotatable bonds is 7. The number of carbonyl (C=O) groups is 1. The predicted octanol–water partition coefficient (Wildman–Crippen LogP) is 1.42. The molecule has 0 aliphatic heterocycles. The molecular weight excluding hydrogens is 258 g/mol. The maximum atomic E-state index is 12.0. The van der Waals surface area contributed by atoms with Crippen molar-refractivity contribution in [1.82, 2.24) is 4.90 Å². The zero-order chi connectivity index (χ0) is 15.0. The van der Waals surface area contributed by atoms with E-state index in [1.54, 1.807) is 29.2 Å². The lowest BCUT2D eigenvalue weighted by atomic mass is 10.2. The Labute approximate surface area is 118 Å². The molecule has 0 saturated heterocycles. The van der Waals surface area contributed by atoms with Crippen molar-refractivity contribution in [2.75, 3.05) is 19.7 Å². The van der Waals surface area contributed by atoms with E-state index in [2.05, 4.69) is 5.16 Å². The minimum Gasteiger partial charge on any atom is -0.483 e. The van der Waals surface area contributed by atoms with Gasteiger partial charge in [-0.2, -0.15) is 0 Å². The summed E-state index contributed by atoms with van der Waals surface area (Å²) in [5, 5.41) is 11.7. The third kappa shape index (κ3) is 4.15. The Kier molecular flexibility index (Phi) is 6.36. The van der Waals surface area contributed by atoms with Gasteiger partial charge in [-0.25, -0.2) is 0 Å². The average molecular weight is 279 g/mol. The Morgan fingerprint density at radius 3 is 2.70 bits per heavy atom. The standard InChI is InChI=1S/C14H21N3O3/c1-3-9-17(4-2)13(18)10-20-12-8-6-5-7-11(12)14(15)16-19/h5-8,19H,3-4,9-10H2,1-2H3,(H2,15,16). The van der Waals surface area contributed by atoms with Crippen LogP contribution in [0, 0.1) is 0 Å². The summed E-state index contributed by atoms with van der Waals surface area (Å²) in [6.45, 7) is 5.24. The number of para-hydroxylation sites is 1. The number of oxime groups is 1. The number of amides is 1. The second kappa shape index (κ2) is 8.04. The van der Waals surface area contributed by atoms with Gasteiger partial charge in [-0.3, -0.25) is 4.79 Å². The summed E-state index contributed by atoms with van der Waals surface area (Å²) in [4.78, 5) is 13.7. The number of benzene rings is 1. The molecule has 0 fully saturated rings. The molecule has 0 unspecified atom stereocenters. The molecular formula is C14H21N3O3. The second-order valence-electron chi connectivity index (χ2n) is 4.24. The Balaban J connectivity index is 2.73.